The highest BCUT2D eigenvalue weighted by Gasteiger charge is 2.29. The molecule has 0 saturated carbocycles. The van der Waals surface area contributed by atoms with Gasteiger partial charge in [0.1, 0.15) is 11.9 Å². The molecule has 1 saturated heterocycles. The topological polar surface area (TPSA) is 67.6 Å². The normalized spacial score (nSPS) is 19.7. The van der Waals surface area contributed by atoms with Gasteiger partial charge >= 0.3 is 6.09 Å². The molecule has 2 rings (SSSR count). The van der Waals surface area contributed by atoms with Crippen LogP contribution in [0.2, 0.25) is 0 Å². The molecule has 0 spiro atoms. The highest BCUT2D eigenvalue weighted by molar-refractivity contribution is 5.68. The minimum Gasteiger partial charge on any atom is -0.444 e. The molecule has 0 radical (unpaired) electrons. The summed E-state index contributed by atoms with van der Waals surface area (Å²) in [7, 11) is 0. The summed E-state index contributed by atoms with van der Waals surface area (Å²) in [4.78, 5) is 13.6. The van der Waals surface area contributed by atoms with Crippen LogP contribution in [-0.4, -0.2) is 40.9 Å². The molecule has 0 bridgehead atoms. The maximum Gasteiger partial charge on any atom is 0.410 e. The molecule has 1 amide bonds. The lowest BCUT2D eigenvalue weighted by atomic mass is 10.2. The van der Waals surface area contributed by atoms with Crippen LogP contribution >= 0.6 is 0 Å². The van der Waals surface area contributed by atoms with Crippen LogP contribution in [-0.2, 0) is 11.3 Å². The van der Waals surface area contributed by atoms with Gasteiger partial charge in [-0.2, -0.15) is 0 Å². The Morgan fingerprint density at radius 2 is 2.42 bits per heavy atom. The molecule has 19 heavy (non-hydrogen) atoms. The molecular weight excluding hydrogens is 246 g/mol. The van der Waals surface area contributed by atoms with Gasteiger partial charge in [0.25, 0.3) is 0 Å². The molecule has 1 fully saturated rings. The Morgan fingerprint density at radius 3 is 3.05 bits per heavy atom. The summed E-state index contributed by atoms with van der Waals surface area (Å²) >= 11 is 0. The summed E-state index contributed by atoms with van der Waals surface area (Å²) in [5, 5.41) is 7.20. The Labute approximate surface area is 113 Å². The van der Waals surface area contributed by atoms with Crippen molar-refractivity contribution in [1.29, 1.82) is 0 Å². The first kappa shape index (κ1) is 13.9. The number of rotatable bonds is 3. The van der Waals surface area contributed by atoms with Crippen LogP contribution in [0.4, 0.5) is 4.79 Å². The summed E-state index contributed by atoms with van der Waals surface area (Å²) in [6.07, 6.45) is 2.24. The molecule has 1 aliphatic heterocycles. The second-order valence-electron chi connectivity index (χ2n) is 5.78. The highest BCUT2D eigenvalue weighted by Crippen LogP contribution is 2.15. The predicted octanol–water partition coefficient (Wildman–Crippen LogP) is 1.77. The van der Waals surface area contributed by atoms with E-state index in [9.17, 15) is 4.79 Å². The maximum atomic E-state index is 11.9. The van der Waals surface area contributed by atoms with Gasteiger partial charge in [-0.3, -0.25) is 0 Å². The Bertz CT molecular complexity index is 411. The summed E-state index contributed by atoms with van der Waals surface area (Å²) in [6, 6.07) is 2.11. The number of carbonyl (C=O) groups excluding carboxylic acids is 1. The van der Waals surface area contributed by atoms with Crippen molar-refractivity contribution in [3.63, 3.8) is 0 Å². The van der Waals surface area contributed by atoms with E-state index in [4.69, 9.17) is 9.26 Å². The molecule has 2 heterocycles. The molecule has 1 aromatic heterocycles. The van der Waals surface area contributed by atoms with E-state index in [1.54, 1.807) is 11.2 Å². The maximum absolute atomic E-state index is 11.9. The van der Waals surface area contributed by atoms with Gasteiger partial charge in [-0.1, -0.05) is 5.16 Å². The fraction of sp³-hybridized carbons (Fsp3) is 0.692. The Kier molecular flexibility index (Phi) is 4.09. The number of aromatic nitrogens is 1. The molecule has 1 aromatic rings. The van der Waals surface area contributed by atoms with E-state index >= 15 is 0 Å². The second-order valence-corrected chi connectivity index (χ2v) is 5.78. The molecule has 0 aliphatic carbocycles. The van der Waals surface area contributed by atoms with E-state index in [2.05, 4.69) is 10.5 Å². The van der Waals surface area contributed by atoms with Crippen LogP contribution in [0.1, 0.15) is 32.9 Å². The van der Waals surface area contributed by atoms with Crippen molar-refractivity contribution in [3.8, 4) is 0 Å². The van der Waals surface area contributed by atoms with E-state index in [0.717, 1.165) is 18.7 Å². The first-order valence-electron chi connectivity index (χ1n) is 6.54. The lowest BCUT2D eigenvalue weighted by molar-refractivity contribution is 0.0291. The van der Waals surface area contributed by atoms with Gasteiger partial charge in [-0.25, -0.2) is 4.79 Å². The monoisotopic (exact) mass is 267 g/mol. The number of hydrogen-bond donors (Lipinski definition) is 1. The lowest BCUT2D eigenvalue weighted by Gasteiger charge is -2.24. The van der Waals surface area contributed by atoms with Crippen LogP contribution in [0.3, 0.4) is 0 Å². The van der Waals surface area contributed by atoms with Gasteiger partial charge in [0, 0.05) is 31.7 Å². The summed E-state index contributed by atoms with van der Waals surface area (Å²) in [5.41, 5.74) is 0.430. The Balaban J connectivity index is 1.75. The van der Waals surface area contributed by atoms with Crippen LogP contribution in [0.25, 0.3) is 0 Å². The quantitative estimate of drug-likeness (QED) is 0.904. The molecule has 1 atom stereocenters. The van der Waals surface area contributed by atoms with Crippen LogP contribution < -0.4 is 5.32 Å². The van der Waals surface area contributed by atoms with Crippen molar-refractivity contribution in [2.45, 2.75) is 45.4 Å². The average molecular weight is 267 g/mol. The SMILES string of the molecule is CC(C)(C)OC(=O)N1CCC(NCc2ccon2)C1. The third-order valence-corrected chi connectivity index (χ3v) is 2.90. The first-order valence-corrected chi connectivity index (χ1v) is 6.54. The minimum atomic E-state index is -0.441. The number of likely N-dealkylation sites (tertiary alicyclic amines) is 1. The van der Waals surface area contributed by atoms with E-state index in [1.165, 1.54) is 0 Å². The number of nitrogens with zero attached hydrogens (tertiary/aromatic N) is 2. The zero-order chi connectivity index (χ0) is 13.9. The molecule has 6 nitrogen and oxygen atoms in total. The van der Waals surface area contributed by atoms with Crippen LogP contribution in [0.5, 0.6) is 0 Å². The van der Waals surface area contributed by atoms with Crippen molar-refractivity contribution >= 4 is 6.09 Å². The van der Waals surface area contributed by atoms with E-state index in [-0.39, 0.29) is 12.1 Å². The van der Waals surface area contributed by atoms with Crippen molar-refractivity contribution in [2.75, 3.05) is 13.1 Å². The standard InChI is InChI=1S/C13H21N3O3/c1-13(2,3)19-12(17)16-6-4-11(9-16)14-8-10-5-7-18-15-10/h5,7,11,14H,4,6,8-9H2,1-3H3. The second kappa shape index (κ2) is 5.61. The van der Waals surface area contributed by atoms with Gasteiger partial charge < -0.3 is 19.5 Å². The number of amides is 1. The van der Waals surface area contributed by atoms with Crippen LogP contribution in [0.15, 0.2) is 16.9 Å². The fourth-order valence-corrected chi connectivity index (χ4v) is 2.00. The molecular formula is C13H21N3O3. The number of hydrogen-bond acceptors (Lipinski definition) is 5. The Hall–Kier alpha value is -1.56. The van der Waals surface area contributed by atoms with Gasteiger partial charge in [-0.05, 0) is 27.2 Å². The highest BCUT2D eigenvalue weighted by atomic mass is 16.6. The zero-order valence-electron chi connectivity index (χ0n) is 11.7. The van der Waals surface area contributed by atoms with E-state index in [1.807, 2.05) is 26.8 Å². The number of ether oxygens (including phenoxy) is 1. The summed E-state index contributed by atoms with van der Waals surface area (Å²) in [5.74, 6) is 0. The minimum absolute atomic E-state index is 0.238. The molecule has 1 aliphatic rings. The van der Waals surface area contributed by atoms with E-state index < -0.39 is 5.60 Å². The third kappa shape index (κ3) is 4.24. The Morgan fingerprint density at radius 1 is 1.63 bits per heavy atom. The predicted molar refractivity (Wildman–Crippen MR) is 69.6 cm³/mol. The molecule has 106 valence electrons. The van der Waals surface area contributed by atoms with E-state index in [0.29, 0.717) is 13.1 Å². The smallest absolute Gasteiger partial charge is 0.410 e. The van der Waals surface area contributed by atoms with Gasteiger partial charge in [0.05, 0.1) is 5.69 Å². The molecule has 1 N–H and O–H groups in total. The first-order chi connectivity index (χ1) is 8.94. The third-order valence-electron chi connectivity index (χ3n) is 2.90. The zero-order valence-corrected chi connectivity index (χ0v) is 11.7. The van der Waals surface area contributed by atoms with Gasteiger partial charge in [-0.15, -0.1) is 0 Å². The molecule has 0 aromatic carbocycles. The van der Waals surface area contributed by atoms with Crippen molar-refractivity contribution in [1.82, 2.24) is 15.4 Å². The number of nitrogens with one attached hydrogen (secondary N) is 1. The van der Waals surface area contributed by atoms with Crippen LogP contribution in [0, 0.1) is 0 Å². The lowest BCUT2D eigenvalue weighted by Crippen LogP contribution is -2.38. The van der Waals surface area contributed by atoms with Gasteiger partial charge in [0.15, 0.2) is 0 Å². The number of carbonyl (C=O) groups is 1. The summed E-state index contributed by atoms with van der Waals surface area (Å²) < 4.78 is 10.1. The fourth-order valence-electron chi connectivity index (χ4n) is 2.00. The van der Waals surface area contributed by atoms with Crippen molar-refractivity contribution in [3.05, 3.63) is 18.0 Å². The van der Waals surface area contributed by atoms with Gasteiger partial charge in [0.2, 0.25) is 0 Å². The largest absolute Gasteiger partial charge is 0.444 e. The summed E-state index contributed by atoms with van der Waals surface area (Å²) in [6.45, 7) is 7.69. The van der Waals surface area contributed by atoms with Crippen molar-refractivity contribution < 1.29 is 14.1 Å². The molecule has 1 unspecified atom stereocenters. The molecule has 6 heteroatoms. The average Bonchev–Trinajstić information content (AvgIpc) is 2.96. The van der Waals surface area contributed by atoms with Crippen molar-refractivity contribution in [2.24, 2.45) is 0 Å².